The SMILES string of the molecule is [3H]c1cn([C@@H]2O[C@H](COP(=O)(O)O)[C@@H](O)[C@H]2O)c(=O)[nH]c1=O. The number of nitrogens with one attached hydrogen (secondary N) is 1. The molecule has 1 aromatic heterocycles. The van der Waals surface area contributed by atoms with Crippen molar-refractivity contribution in [3.05, 3.63) is 33.1 Å². The summed E-state index contributed by atoms with van der Waals surface area (Å²) < 4.78 is 27.9. The molecule has 1 aliphatic rings. The van der Waals surface area contributed by atoms with Crippen LogP contribution in [0.2, 0.25) is 0 Å². The van der Waals surface area contributed by atoms with Gasteiger partial charge in [-0.15, -0.1) is 0 Å². The van der Waals surface area contributed by atoms with Gasteiger partial charge in [0, 0.05) is 12.2 Å². The van der Waals surface area contributed by atoms with Gasteiger partial charge in [0.2, 0.25) is 0 Å². The Kier molecular flexibility index (Phi) is 4.04. The number of aliphatic hydroxyl groups excluding tert-OH is 2. The van der Waals surface area contributed by atoms with Crippen molar-refractivity contribution in [3.8, 4) is 0 Å². The normalized spacial score (nSPS) is 30.4. The summed E-state index contributed by atoms with van der Waals surface area (Å²) in [6.45, 7) is -0.731. The van der Waals surface area contributed by atoms with Gasteiger partial charge < -0.3 is 24.7 Å². The number of hydrogen-bond donors (Lipinski definition) is 5. The Morgan fingerprint density at radius 3 is 2.71 bits per heavy atom. The molecule has 1 aliphatic heterocycles. The highest BCUT2D eigenvalue weighted by Crippen LogP contribution is 2.38. The number of H-pyrrole nitrogens is 1. The van der Waals surface area contributed by atoms with E-state index in [4.69, 9.17) is 15.9 Å². The molecule has 4 atom stereocenters. The van der Waals surface area contributed by atoms with E-state index in [-0.39, 0.29) is 0 Å². The lowest BCUT2D eigenvalue weighted by Crippen LogP contribution is -2.37. The van der Waals surface area contributed by atoms with Crippen molar-refractivity contribution in [2.24, 2.45) is 0 Å². The molecular formula is C9H13N2O9P. The summed E-state index contributed by atoms with van der Waals surface area (Å²) in [5.74, 6) is 0. The molecule has 11 nitrogen and oxygen atoms in total. The van der Waals surface area contributed by atoms with Crippen LogP contribution in [0.25, 0.3) is 0 Å². The first-order chi connectivity index (χ1) is 10.1. The minimum absolute atomic E-state index is 0.570. The molecule has 0 bridgehead atoms. The quantitative estimate of drug-likeness (QED) is 0.368. The van der Waals surface area contributed by atoms with Crippen molar-refractivity contribution in [1.29, 1.82) is 0 Å². The van der Waals surface area contributed by atoms with Crippen LogP contribution >= 0.6 is 7.82 Å². The van der Waals surface area contributed by atoms with E-state index in [1.807, 2.05) is 4.98 Å². The second-order valence-electron chi connectivity index (χ2n) is 4.27. The first-order valence-electron chi connectivity index (χ1n) is 6.14. The standard InChI is InChI=1S/C9H13N2O9P/c12-5-1-2-11(9(15)10-5)8-7(14)6(13)4(20-8)3-19-21(16,17)18/h1-2,4,6-8,13-14H,3H2,(H,10,12,15)(H2,16,17,18)/t4-,6-,7-,8-/m1/s1/i1T. The molecule has 1 saturated heterocycles. The Balaban J connectivity index is 2.23. The van der Waals surface area contributed by atoms with Crippen LogP contribution in [-0.4, -0.2) is 54.5 Å². The number of ether oxygens (including phenoxy) is 1. The molecule has 0 spiro atoms. The van der Waals surface area contributed by atoms with Gasteiger partial charge in [-0.1, -0.05) is 0 Å². The zero-order valence-electron chi connectivity index (χ0n) is 11.3. The van der Waals surface area contributed by atoms with Crippen LogP contribution in [0.1, 0.15) is 7.60 Å². The van der Waals surface area contributed by atoms with E-state index in [2.05, 4.69) is 4.52 Å². The van der Waals surface area contributed by atoms with E-state index < -0.39 is 56.3 Å². The summed E-state index contributed by atoms with van der Waals surface area (Å²) >= 11 is 0. The molecule has 0 aromatic carbocycles. The number of phosphoric acid groups is 1. The fraction of sp³-hybridized carbons (Fsp3) is 0.556. The molecule has 5 N–H and O–H groups in total. The Labute approximate surface area is 118 Å². The van der Waals surface area contributed by atoms with E-state index in [1.165, 1.54) is 0 Å². The van der Waals surface area contributed by atoms with E-state index in [1.54, 1.807) is 0 Å². The average Bonchev–Trinajstić information content (AvgIpc) is 2.68. The van der Waals surface area contributed by atoms with E-state index in [0.29, 0.717) is 4.57 Å². The lowest BCUT2D eigenvalue weighted by Gasteiger charge is -2.16. The van der Waals surface area contributed by atoms with Crippen molar-refractivity contribution >= 4 is 7.82 Å². The van der Waals surface area contributed by atoms with E-state index in [0.717, 1.165) is 6.20 Å². The van der Waals surface area contributed by atoms with Gasteiger partial charge in [-0.2, -0.15) is 0 Å². The van der Waals surface area contributed by atoms with Crippen LogP contribution in [0.15, 0.2) is 21.8 Å². The Hall–Kier alpha value is -1.33. The third-order valence-corrected chi connectivity index (χ3v) is 3.29. The molecule has 1 aromatic rings. The van der Waals surface area contributed by atoms with Crippen LogP contribution in [-0.2, 0) is 13.8 Å². The van der Waals surface area contributed by atoms with Crippen molar-refractivity contribution in [3.63, 3.8) is 0 Å². The molecule has 2 heterocycles. The number of aliphatic hydroxyl groups is 2. The molecule has 0 radical (unpaired) electrons. The number of aromatic nitrogens is 2. The van der Waals surface area contributed by atoms with Gasteiger partial charge in [0.05, 0.1) is 7.98 Å². The molecule has 12 heteroatoms. The molecular weight excluding hydrogens is 311 g/mol. The number of nitrogens with zero attached hydrogens (tertiary/aromatic N) is 1. The van der Waals surface area contributed by atoms with E-state index >= 15 is 0 Å². The third kappa shape index (κ3) is 3.66. The summed E-state index contributed by atoms with van der Waals surface area (Å²) in [7, 11) is -4.80. The van der Waals surface area contributed by atoms with Crippen LogP contribution in [0, 0.1) is 0 Å². The van der Waals surface area contributed by atoms with Crippen LogP contribution in [0.3, 0.4) is 0 Å². The van der Waals surface area contributed by atoms with Gasteiger partial charge in [0.15, 0.2) is 6.23 Å². The zero-order valence-corrected chi connectivity index (χ0v) is 11.2. The lowest BCUT2D eigenvalue weighted by atomic mass is 10.1. The molecule has 0 saturated carbocycles. The van der Waals surface area contributed by atoms with Gasteiger partial charge in [-0.3, -0.25) is 18.9 Å². The van der Waals surface area contributed by atoms with Crippen molar-refractivity contribution in [1.82, 2.24) is 9.55 Å². The molecule has 1 fully saturated rings. The summed E-state index contributed by atoms with van der Waals surface area (Å²) in [6, 6.07) is -0.570. The topological polar surface area (TPSA) is 171 Å². The first kappa shape index (κ1) is 14.6. The maximum atomic E-state index is 11.7. The zero-order chi connectivity index (χ0) is 16.7. The average molecular weight is 326 g/mol. The van der Waals surface area contributed by atoms with Crippen LogP contribution < -0.4 is 11.2 Å². The third-order valence-electron chi connectivity index (χ3n) is 2.81. The first-order valence-corrected chi connectivity index (χ1v) is 7.17. The number of aromatic amines is 1. The van der Waals surface area contributed by atoms with E-state index in [9.17, 15) is 24.4 Å². The molecule has 118 valence electrons. The molecule has 21 heavy (non-hydrogen) atoms. The predicted octanol–water partition coefficient (Wildman–Crippen LogP) is -2.73. The molecule has 2 rings (SSSR count). The molecule has 0 amide bonds. The largest absolute Gasteiger partial charge is 0.469 e. The predicted molar refractivity (Wildman–Crippen MR) is 65.2 cm³/mol. The highest BCUT2D eigenvalue weighted by molar-refractivity contribution is 7.46. The summed E-state index contributed by atoms with van der Waals surface area (Å²) in [5.41, 5.74) is -1.91. The number of hydrogen-bond acceptors (Lipinski definition) is 7. The number of phosphoric ester groups is 1. The maximum absolute atomic E-state index is 11.7. The monoisotopic (exact) mass is 326 g/mol. The second-order valence-corrected chi connectivity index (χ2v) is 5.51. The van der Waals surface area contributed by atoms with Crippen molar-refractivity contribution in [2.75, 3.05) is 6.61 Å². The summed E-state index contributed by atoms with van der Waals surface area (Å²) in [5, 5.41) is 19.6. The lowest BCUT2D eigenvalue weighted by molar-refractivity contribution is -0.0543. The Morgan fingerprint density at radius 2 is 2.10 bits per heavy atom. The van der Waals surface area contributed by atoms with Gasteiger partial charge in [-0.25, -0.2) is 9.36 Å². The number of rotatable bonds is 4. The molecule has 0 aliphatic carbocycles. The molecule has 0 unspecified atom stereocenters. The Bertz CT molecular complexity index is 712. The summed E-state index contributed by atoms with van der Waals surface area (Å²) in [6.07, 6.45) is -5.18. The van der Waals surface area contributed by atoms with Gasteiger partial charge in [0.25, 0.3) is 5.56 Å². The fourth-order valence-electron chi connectivity index (χ4n) is 1.84. The summed E-state index contributed by atoms with van der Waals surface area (Å²) in [4.78, 5) is 41.8. The van der Waals surface area contributed by atoms with Gasteiger partial charge in [0.1, 0.15) is 18.3 Å². The minimum Gasteiger partial charge on any atom is -0.387 e. The van der Waals surface area contributed by atoms with Crippen molar-refractivity contribution < 1.29 is 35.2 Å². The van der Waals surface area contributed by atoms with Crippen LogP contribution in [0.4, 0.5) is 0 Å². The van der Waals surface area contributed by atoms with Gasteiger partial charge >= 0.3 is 13.5 Å². The second kappa shape index (κ2) is 5.81. The smallest absolute Gasteiger partial charge is 0.387 e. The van der Waals surface area contributed by atoms with Gasteiger partial charge in [-0.05, 0) is 0 Å². The highest BCUT2D eigenvalue weighted by atomic mass is 31.2. The maximum Gasteiger partial charge on any atom is 0.469 e. The van der Waals surface area contributed by atoms with Crippen LogP contribution in [0.5, 0.6) is 0 Å². The fourth-order valence-corrected chi connectivity index (χ4v) is 2.18. The van der Waals surface area contributed by atoms with Crippen molar-refractivity contribution in [2.45, 2.75) is 24.5 Å². The minimum atomic E-state index is -4.80. The Morgan fingerprint density at radius 1 is 1.43 bits per heavy atom. The highest BCUT2D eigenvalue weighted by Gasteiger charge is 2.44.